The molecule has 0 N–H and O–H groups in total. The summed E-state index contributed by atoms with van der Waals surface area (Å²) < 4.78 is 0. The minimum Gasteiger partial charge on any atom is -0.298 e. The van der Waals surface area contributed by atoms with Crippen LogP contribution in [0.25, 0.3) is 0 Å². The first-order chi connectivity index (χ1) is 7.06. The average molecular weight is 208 g/mol. The molecule has 0 heterocycles. The quantitative estimate of drug-likeness (QED) is 0.639. The van der Waals surface area contributed by atoms with Gasteiger partial charge in [-0.15, -0.1) is 6.58 Å². The van der Waals surface area contributed by atoms with E-state index in [4.69, 9.17) is 0 Å². The number of Topliss-reactive ketones (excluding diaryl/α,β-unsaturated/α-hetero) is 1. The summed E-state index contributed by atoms with van der Waals surface area (Å²) >= 11 is 0. The van der Waals surface area contributed by atoms with Crippen molar-refractivity contribution in [3.63, 3.8) is 0 Å². The number of allylic oxidation sites excluding steroid dienone is 1. The summed E-state index contributed by atoms with van der Waals surface area (Å²) in [5.74, 6) is 1.16. The maximum absolute atomic E-state index is 12.2. The predicted molar refractivity (Wildman–Crippen MR) is 64.7 cm³/mol. The van der Waals surface area contributed by atoms with E-state index in [1.165, 1.54) is 25.7 Å². The highest BCUT2D eigenvalue weighted by atomic mass is 16.1. The molecule has 0 bridgehead atoms. The molecule has 15 heavy (non-hydrogen) atoms. The fourth-order valence-electron chi connectivity index (χ4n) is 2.78. The van der Waals surface area contributed by atoms with Gasteiger partial charge in [-0.3, -0.25) is 4.79 Å². The molecule has 0 aromatic rings. The van der Waals surface area contributed by atoms with Crippen molar-refractivity contribution in [3.8, 4) is 0 Å². The Morgan fingerprint density at radius 2 is 2.20 bits per heavy atom. The molecule has 3 atom stereocenters. The molecule has 1 saturated carbocycles. The van der Waals surface area contributed by atoms with E-state index in [1.54, 1.807) is 0 Å². The summed E-state index contributed by atoms with van der Waals surface area (Å²) in [5.41, 5.74) is -0.257. The molecule has 0 unspecified atom stereocenters. The molecule has 0 aliphatic heterocycles. The van der Waals surface area contributed by atoms with E-state index in [0.29, 0.717) is 11.7 Å². The lowest BCUT2D eigenvalue weighted by Gasteiger charge is -2.40. The molecular formula is C14H24O. The zero-order valence-electron chi connectivity index (χ0n) is 10.4. The van der Waals surface area contributed by atoms with Crippen molar-refractivity contribution in [1.82, 2.24) is 0 Å². The fraction of sp³-hybridized carbons (Fsp3) is 0.786. The van der Waals surface area contributed by atoms with Crippen molar-refractivity contribution in [2.45, 2.75) is 52.9 Å². The predicted octanol–water partition coefficient (Wildman–Crippen LogP) is 3.98. The highest BCUT2D eigenvalue weighted by Gasteiger charge is 2.43. The first-order valence-corrected chi connectivity index (χ1v) is 6.24. The van der Waals surface area contributed by atoms with E-state index in [9.17, 15) is 4.79 Å². The highest BCUT2D eigenvalue weighted by molar-refractivity contribution is 5.89. The second-order valence-electron chi connectivity index (χ2n) is 5.17. The van der Waals surface area contributed by atoms with Gasteiger partial charge in [0.2, 0.25) is 0 Å². The van der Waals surface area contributed by atoms with Gasteiger partial charge < -0.3 is 0 Å². The monoisotopic (exact) mass is 208 g/mol. The van der Waals surface area contributed by atoms with Gasteiger partial charge in [0.25, 0.3) is 0 Å². The number of carbonyl (C=O) groups is 1. The molecule has 0 amide bonds. The normalized spacial score (nSPS) is 36.6. The number of ketones is 1. The number of carbonyl (C=O) groups excluding carboxylic acids is 1. The lowest BCUT2D eigenvalue weighted by atomic mass is 9.62. The van der Waals surface area contributed by atoms with Crippen LogP contribution in [0.3, 0.4) is 0 Å². The third kappa shape index (κ3) is 2.32. The summed E-state index contributed by atoms with van der Waals surface area (Å²) in [6.45, 7) is 10.2. The molecule has 1 nitrogen and oxygen atoms in total. The van der Waals surface area contributed by atoms with E-state index in [1.807, 2.05) is 6.08 Å². The zero-order valence-corrected chi connectivity index (χ0v) is 10.4. The maximum Gasteiger partial charge on any atom is 0.145 e. The van der Waals surface area contributed by atoms with Gasteiger partial charge in [-0.2, -0.15) is 0 Å². The van der Waals surface area contributed by atoms with Crippen LogP contribution in [0.1, 0.15) is 52.9 Å². The van der Waals surface area contributed by atoms with E-state index in [2.05, 4.69) is 27.4 Å². The second kappa shape index (κ2) is 4.96. The number of hydrogen-bond acceptors (Lipinski definition) is 1. The summed E-state index contributed by atoms with van der Waals surface area (Å²) in [6.07, 6.45) is 7.78. The lowest BCUT2D eigenvalue weighted by Crippen LogP contribution is -2.41. The van der Waals surface area contributed by atoms with Crippen molar-refractivity contribution in [2.75, 3.05) is 0 Å². The zero-order chi connectivity index (χ0) is 11.5. The molecule has 1 fully saturated rings. The van der Waals surface area contributed by atoms with Crippen LogP contribution < -0.4 is 0 Å². The van der Waals surface area contributed by atoms with E-state index >= 15 is 0 Å². The Hall–Kier alpha value is -0.590. The van der Waals surface area contributed by atoms with Gasteiger partial charge in [0, 0.05) is 11.3 Å². The molecular weight excluding hydrogens is 184 g/mol. The summed E-state index contributed by atoms with van der Waals surface area (Å²) in [5, 5.41) is 0. The SMILES string of the molecule is C=C[C@]1(C)C(=O)[C@H](C)CC[C@@H]1CCCC. The third-order valence-electron chi connectivity index (χ3n) is 4.10. The Bertz CT molecular complexity index is 242. The Balaban J connectivity index is 2.78. The fourth-order valence-corrected chi connectivity index (χ4v) is 2.78. The van der Waals surface area contributed by atoms with Crippen molar-refractivity contribution in [3.05, 3.63) is 12.7 Å². The molecule has 1 aliphatic carbocycles. The summed E-state index contributed by atoms with van der Waals surface area (Å²) in [6, 6.07) is 0. The van der Waals surface area contributed by atoms with Gasteiger partial charge >= 0.3 is 0 Å². The van der Waals surface area contributed by atoms with Crippen molar-refractivity contribution < 1.29 is 4.79 Å². The first-order valence-electron chi connectivity index (χ1n) is 6.24. The molecule has 1 heteroatoms. The molecule has 1 aliphatic rings. The minimum atomic E-state index is -0.257. The van der Waals surface area contributed by atoms with Crippen LogP contribution in [0.5, 0.6) is 0 Å². The Morgan fingerprint density at radius 3 is 2.73 bits per heavy atom. The average Bonchev–Trinajstić information content (AvgIpc) is 2.25. The number of unbranched alkanes of at least 4 members (excludes halogenated alkanes) is 1. The Labute approximate surface area is 93.9 Å². The summed E-state index contributed by atoms with van der Waals surface area (Å²) in [4.78, 5) is 12.2. The molecule has 0 aromatic carbocycles. The Morgan fingerprint density at radius 1 is 1.53 bits per heavy atom. The van der Waals surface area contributed by atoms with Gasteiger partial charge in [0.1, 0.15) is 5.78 Å². The van der Waals surface area contributed by atoms with Crippen LogP contribution in [0, 0.1) is 17.3 Å². The topological polar surface area (TPSA) is 17.1 Å². The van der Waals surface area contributed by atoms with Crippen LogP contribution in [-0.4, -0.2) is 5.78 Å². The van der Waals surface area contributed by atoms with Crippen molar-refractivity contribution >= 4 is 5.78 Å². The largest absolute Gasteiger partial charge is 0.298 e. The molecule has 1 rings (SSSR count). The van der Waals surface area contributed by atoms with Gasteiger partial charge in [-0.25, -0.2) is 0 Å². The standard InChI is InChI=1S/C14H24O/c1-5-7-8-12-10-9-11(3)13(15)14(12,4)6-2/h6,11-12H,2,5,7-10H2,1,3-4H3/t11-,12+,14+/m1/s1. The van der Waals surface area contributed by atoms with E-state index < -0.39 is 0 Å². The Kier molecular flexibility index (Phi) is 4.12. The highest BCUT2D eigenvalue weighted by Crippen LogP contribution is 2.44. The van der Waals surface area contributed by atoms with Crippen molar-refractivity contribution in [1.29, 1.82) is 0 Å². The first kappa shape index (κ1) is 12.5. The van der Waals surface area contributed by atoms with Crippen LogP contribution in [-0.2, 0) is 4.79 Å². The van der Waals surface area contributed by atoms with Gasteiger partial charge in [0.05, 0.1) is 0 Å². The number of hydrogen-bond donors (Lipinski definition) is 0. The third-order valence-corrected chi connectivity index (χ3v) is 4.10. The lowest BCUT2D eigenvalue weighted by molar-refractivity contribution is -0.135. The molecule has 0 spiro atoms. The maximum atomic E-state index is 12.2. The van der Waals surface area contributed by atoms with Gasteiger partial charge in [0.15, 0.2) is 0 Å². The van der Waals surface area contributed by atoms with Crippen LogP contribution in [0.2, 0.25) is 0 Å². The van der Waals surface area contributed by atoms with Crippen molar-refractivity contribution in [2.24, 2.45) is 17.3 Å². The molecule has 0 radical (unpaired) electrons. The van der Waals surface area contributed by atoms with Crippen LogP contribution in [0.15, 0.2) is 12.7 Å². The van der Waals surface area contributed by atoms with Gasteiger partial charge in [-0.1, -0.05) is 32.8 Å². The van der Waals surface area contributed by atoms with E-state index in [0.717, 1.165) is 6.42 Å². The second-order valence-corrected chi connectivity index (χ2v) is 5.17. The van der Waals surface area contributed by atoms with Gasteiger partial charge in [-0.05, 0) is 32.1 Å². The molecule has 0 aromatic heterocycles. The van der Waals surface area contributed by atoms with Crippen LogP contribution >= 0.6 is 0 Å². The molecule has 86 valence electrons. The van der Waals surface area contributed by atoms with E-state index in [-0.39, 0.29) is 11.3 Å². The smallest absolute Gasteiger partial charge is 0.145 e. The number of rotatable bonds is 4. The van der Waals surface area contributed by atoms with Crippen LogP contribution in [0.4, 0.5) is 0 Å². The summed E-state index contributed by atoms with van der Waals surface area (Å²) in [7, 11) is 0. The molecule has 0 saturated heterocycles. The minimum absolute atomic E-state index is 0.228.